The maximum atomic E-state index is 12.4. The number of amides is 1. The second kappa shape index (κ2) is 8.52. The van der Waals surface area contributed by atoms with Gasteiger partial charge in [0.1, 0.15) is 5.54 Å². The van der Waals surface area contributed by atoms with E-state index in [9.17, 15) is 10.1 Å². The van der Waals surface area contributed by atoms with Crippen LogP contribution in [-0.4, -0.2) is 26.9 Å². The minimum atomic E-state index is -0.884. The van der Waals surface area contributed by atoms with Gasteiger partial charge in [0.15, 0.2) is 4.34 Å². The highest BCUT2D eigenvalue weighted by molar-refractivity contribution is 8.02. The maximum Gasteiger partial charge on any atom is 0.234 e. The fourth-order valence-corrected chi connectivity index (χ4v) is 3.91. The largest absolute Gasteiger partial charge is 0.337 e. The zero-order chi connectivity index (χ0) is 19.3. The Kier molecular flexibility index (Phi) is 6.62. The van der Waals surface area contributed by atoms with Gasteiger partial charge in [-0.1, -0.05) is 55.1 Å². The molecule has 0 radical (unpaired) electrons. The van der Waals surface area contributed by atoms with Gasteiger partial charge in [-0.05, 0) is 38.3 Å². The molecular formula is C18H23N5OS2. The summed E-state index contributed by atoms with van der Waals surface area (Å²) < 4.78 is 0.701. The number of nitrogens with zero attached hydrogens (tertiary/aromatic N) is 3. The van der Waals surface area contributed by atoms with Crippen molar-refractivity contribution in [2.75, 3.05) is 5.32 Å². The fraction of sp³-hybridized carbons (Fsp3) is 0.444. The van der Waals surface area contributed by atoms with Gasteiger partial charge in [-0.2, -0.15) is 5.26 Å². The Balaban J connectivity index is 1.99. The lowest BCUT2D eigenvalue weighted by molar-refractivity contribution is -0.121. The minimum Gasteiger partial charge on any atom is -0.337 e. The van der Waals surface area contributed by atoms with Gasteiger partial charge >= 0.3 is 0 Å². The zero-order valence-electron chi connectivity index (χ0n) is 15.5. The van der Waals surface area contributed by atoms with Crippen LogP contribution in [0.4, 0.5) is 10.8 Å². The smallest absolute Gasteiger partial charge is 0.234 e. The highest BCUT2D eigenvalue weighted by atomic mass is 32.2. The molecular weight excluding hydrogens is 366 g/mol. The standard InChI is InChI=1S/C18H23N5OS2/c1-11(2)18(5,10-19)21-15(24)13(4)25-17-23-22-16(26-17)20-14-9-7-6-8-12(14)3/h6-9,11,13H,1-5H3,(H,20,22)(H,21,24)/t13-,18+/m1/s1. The van der Waals surface area contributed by atoms with Crippen LogP contribution in [0.3, 0.4) is 0 Å². The molecule has 0 saturated heterocycles. The number of benzene rings is 1. The molecule has 2 aromatic rings. The summed E-state index contributed by atoms with van der Waals surface area (Å²) in [5.74, 6) is -0.170. The highest BCUT2D eigenvalue weighted by Gasteiger charge is 2.32. The van der Waals surface area contributed by atoms with E-state index >= 15 is 0 Å². The summed E-state index contributed by atoms with van der Waals surface area (Å²) in [6.07, 6.45) is 0. The number of anilines is 2. The van der Waals surface area contributed by atoms with Gasteiger partial charge in [-0.3, -0.25) is 4.79 Å². The Morgan fingerprint density at radius 3 is 2.62 bits per heavy atom. The monoisotopic (exact) mass is 389 g/mol. The molecule has 0 aliphatic rings. The predicted octanol–water partition coefficient (Wildman–Crippen LogP) is 4.13. The molecule has 0 bridgehead atoms. The Morgan fingerprint density at radius 2 is 2.00 bits per heavy atom. The van der Waals surface area contributed by atoms with E-state index in [4.69, 9.17) is 0 Å². The maximum absolute atomic E-state index is 12.4. The number of thioether (sulfide) groups is 1. The molecule has 2 atom stereocenters. The normalized spacial score (nSPS) is 14.3. The number of carbonyl (C=O) groups is 1. The molecule has 8 heteroatoms. The SMILES string of the molecule is Cc1ccccc1Nc1nnc(S[C@H](C)C(=O)N[C@@](C)(C#N)C(C)C)s1. The van der Waals surface area contributed by atoms with Crippen LogP contribution in [0.2, 0.25) is 0 Å². The average Bonchev–Trinajstić information content (AvgIpc) is 3.03. The Labute approximate surface area is 162 Å². The minimum absolute atomic E-state index is 0.0140. The number of carbonyl (C=O) groups excluding carboxylic acids is 1. The van der Waals surface area contributed by atoms with E-state index in [-0.39, 0.29) is 17.1 Å². The molecule has 0 aliphatic carbocycles. The average molecular weight is 390 g/mol. The van der Waals surface area contributed by atoms with Gasteiger partial charge in [0, 0.05) is 5.69 Å². The van der Waals surface area contributed by atoms with Crippen LogP contribution in [0.5, 0.6) is 0 Å². The van der Waals surface area contributed by atoms with Crippen molar-refractivity contribution in [1.82, 2.24) is 15.5 Å². The lowest BCUT2D eigenvalue weighted by Gasteiger charge is -2.28. The van der Waals surface area contributed by atoms with Crippen molar-refractivity contribution in [2.45, 2.75) is 49.7 Å². The molecule has 0 aliphatic heterocycles. The van der Waals surface area contributed by atoms with Crippen molar-refractivity contribution in [3.05, 3.63) is 29.8 Å². The van der Waals surface area contributed by atoms with Crippen molar-refractivity contribution >= 4 is 39.8 Å². The molecule has 0 unspecified atom stereocenters. The molecule has 1 aromatic heterocycles. The second-order valence-corrected chi connectivity index (χ2v) is 9.10. The van der Waals surface area contributed by atoms with Crippen LogP contribution in [-0.2, 0) is 4.79 Å². The number of nitriles is 1. The van der Waals surface area contributed by atoms with Gasteiger partial charge in [0.25, 0.3) is 0 Å². The van der Waals surface area contributed by atoms with Crippen LogP contribution >= 0.6 is 23.1 Å². The summed E-state index contributed by atoms with van der Waals surface area (Å²) in [6.45, 7) is 9.38. The second-order valence-electron chi connectivity index (χ2n) is 6.53. The molecule has 0 fully saturated rings. The van der Waals surface area contributed by atoms with Gasteiger partial charge in [0.2, 0.25) is 11.0 Å². The van der Waals surface area contributed by atoms with E-state index in [1.54, 1.807) is 13.8 Å². The molecule has 0 spiro atoms. The third-order valence-corrected chi connectivity index (χ3v) is 6.23. The molecule has 1 amide bonds. The summed E-state index contributed by atoms with van der Waals surface area (Å²) >= 11 is 2.73. The summed E-state index contributed by atoms with van der Waals surface area (Å²) in [4.78, 5) is 12.4. The molecule has 26 heavy (non-hydrogen) atoms. The zero-order valence-corrected chi connectivity index (χ0v) is 17.2. The van der Waals surface area contributed by atoms with Crippen molar-refractivity contribution in [3.63, 3.8) is 0 Å². The molecule has 1 heterocycles. The van der Waals surface area contributed by atoms with E-state index < -0.39 is 5.54 Å². The first-order valence-electron chi connectivity index (χ1n) is 8.31. The van der Waals surface area contributed by atoms with Crippen LogP contribution in [0, 0.1) is 24.2 Å². The van der Waals surface area contributed by atoms with E-state index in [1.165, 1.54) is 23.1 Å². The summed E-state index contributed by atoms with van der Waals surface area (Å²) in [5.41, 5.74) is 1.21. The number of aryl methyl sites for hydroxylation is 1. The first kappa shape index (κ1) is 20.2. The van der Waals surface area contributed by atoms with Crippen molar-refractivity contribution in [2.24, 2.45) is 5.92 Å². The lowest BCUT2D eigenvalue weighted by Crippen LogP contribution is -2.51. The number of para-hydroxylation sites is 1. The predicted molar refractivity (Wildman–Crippen MR) is 107 cm³/mol. The van der Waals surface area contributed by atoms with E-state index in [0.29, 0.717) is 9.47 Å². The van der Waals surface area contributed by atoms with E-state index in [2.05, 4.69) is 26.9 Å². The van der Waals surface area contributed by atoms with Crippen LogP contribution in [0.1, 0.15) is 33.3 Å². The molecule has 2 rings (SSSR count). The summed E-state index contributed by atoms with van der Waals surface area (Å²) in [7, 11) is 0. The third kappa shape index (κ3) is 4.96. The summed E-state index contributed by atoms with van der Waals surface area (Å²) in [6, 6.07) is 10.1. The Bertz CT molecular complexity index is 814. The number of nitrogens with one attached hydrogen (secondary N) is 2. The van der Waals surface area contributed by atoms with Crippen LogP contribution < -0.4 is 10.6 Å². The van der Waals surface area contributed by atoms with Gasteiger partial charge in [0.05, 0.1) is 11.3 Å². The van der Waals surface area contributed by atoms with Crippen molar-refractivity contribution < 1.29 is 4.79 Å². The molecule has 2 N–H and O–H groups in total. The molecule has 138 valence electrons. The summed E-state index contributed by atoms with van der Waals surface area (Å²) in [5, 5.41) is 24.0. The number of hydrogen-bond donors (Lipinski definition) is 2. The fourth-order valence-electron chi connectivity index (χ4n) is 2.00. The third-order valence-electron chi connectivity index (χ3n) is 4.21. The number of hydrogen-bond acceptors (Lipinski definition) is 7. The van der Waals surface area contributed by atoms with E-state index in [1.807, 2.05) is 45.0 Å². The first-order valence-corrected chi connectivity index (χ1v) is 10.0. The first-order chi connectivity index (χ1) is 12.2. The molecule has 0 saturated carbocycles. The molecule has 1 aromatic carbocycles. The van der Waals surface area contributed by atoms with Gasteiger partial charge < -0.3 is 10.6 Å². The van der Waals surface area contributed by atoms with Gasteiger partial charge in [-0.15, -0.1) is 10.2 Å². The number of rotatable bonds is 7. The van der Waals surface area contributed by atoms with E-state index in [0.717, 1.165) is 11.3 Å². The Hall–Kier alpha value is -2.11. The molecule has 6 nitrogen and oxygen atoms in total. The number of aromatic nitrogens is 2. The van der Waals surface area contributed by atoms with Crippen molar-refractivity contribution in [1.29, 1.82) is 5.26 Å². The highest BCUT2D eigenvalue weighted by Crippen LogP contribution is 2.31. The van der Waals surface area contributed by atoms with Gasteiger partial charge in [-0.25, -0.2) is 0 Å². The Morgan fingerprint density at radius 1 is 1.31 bits per heavy atom. The topological polar surface area (TPSA) is 90.7 Å². The quantitative estimate of drug-likeness (QED) is 0.692. The van der Waals surface area contributed by atoms with Crippen LogP contribution in [0.25, 0.3) is 0 Å². The lowest BCUT2D eigenvalue weighted by atomic mass is 9.90. The van der Waals surface area contributed by atoms with Crippen molar-refractivity contribution in [3.8, 4) is 6.07 Å². The van der Waals surface area contributed by atoms with Crippen LogP contribution in [0.15, 0.2) is 28.6 Å².